The number of benzene rings is 3. The van der Waals surface area contributed by atoms with Crippen LogP contribution in [0.3, 0.4) is 0 Å². The van der Waals surface area contributed by atoms with Crippen molar-refractivity contribution < 1.29 is 9.90 Å². The van der Waals surface area contributed by atoms with E-state index in [4.69, 9.17) is 0 Å². The third-order valence-corrected chi connectivity index (χ3v) is 6.60. The van der Waals surface area contributed by atoms with Gasteiger partial charge in [0.05, 0.1) is 6.20 Å². The minimum atomic E-state index is -1.52. The highest BCUT2D eigenvalue weighted by molar-refractivity contribution is 5.76. The fourth-order valence-electron chi connectivity index (χ4n) is 4.84. The summed E-state index contributed by atoms with van der Waals surface area (Å²) in [6.07, 6.45) is 4.57. The van der Waals surface area contributed by atoms with Gasteiger partial charge in [0, 0.05) is 13.1 Å². The highest BCUT2D eigenvalue weighted by atomic mass is 16.3. The number of carbonyl (C=O) groups excluding carboxylic acids is 1. The van der Waals surface area contributed by atoms with Gasteiger partial charge in [-0.25, -0.2) is 4.79 Å². The fourth-order valence-corrected chi connectivity index (χ4v) is 4.84. The Morgan fingerprint density at radius 1 is 0.912 bits per heavy atom. The Kier molecular flexibility index (Phi) is 6.23. The summed E-state index contributed by atoms with van der Waals surface area (Å²) in [5, 5.41) is 20.3. The Bertz CT molecular complexity index is 1190. The molecule has 3 aromatic carbocycles. The monoisotopic (exact) mass is 452 g/mol. The molecule has 1 aliphatic rings. The predicted molar refractivity (Wildman–Crippen MR) is 130 cm³/mol. The smallest absolute Gasteiger partial charge is 0.346 e. The number of carbonyl (C=O) groups is 1. The number of nitrogens with zero attached hydrogens (tertiary/aromatic N) is 4. The Balaban J connectivity index is 1.39. The molecule has 6 heteroatoms. The van der Waals surface area contributed by atoms with Crippen molar-refractivity contribution >= 4 is 6.03 Å². The number of amides is 1. The molecule has 0 radical (unpaired) electrons. The molecule has 2 heterocycles. The van der Waals surface area contributed by atoms with Crippen molar-refractivity contribution in [2.24, 2.45) is 5.92 Å². The molecule has 0 aliphatic carbocycles. The number of hydrogen-bond acceptors (Lipinski definition) is 4. The van der Waals surface area contributed by atoms with Crippen molar-refractivity contribution in [2.75, 3.05) is 13.1 Å². The van der Waals surface area contributed by atoms with Gasteiger partial charge in [0.15, 0.2) is 5.60 Å². The maximum Gasteiger partial charge on any atom is 0.346 e. The fraction of sp³-hybridized carbons (Fsp3) is 0.250. The Morgan fingerprint density at radius 2 is 1.50 bits per heavy atom. The van der Waals surface area contributed by atoms with Crippen molar-refractivity contribution in [3.05, 3.63) is 120 Å². The standard InChI is InChI=1S/C28H28N4O2/c33-27(31-18-10-13-23(20-31)19-22-11-4-1-5-12-22)32-21-26(29-30-32)28(34,24-14-6-2-7-15-24)25-16-8-3-9-17-25/h1-9,11-12,14-17,21,23,34H,10,13,18-20H2. The van der Waals surface area contributed by atoms with E-state index in [1.807, 2.05) is 71.6 Å². The number of aliphatic hydroxyl groups is 1. The molecule has 4 aromatic rings. The first-order chi connectivity index (χ1) is 16.6. The molecule has 6 nitrogen and oxygen atoms in total. The third kappa shape index (κ3) is 4.37. The van der Waals surface area contributed by atoms with Gasteiger partial charge in [0.1, 0.15) is 5.69 Å². The van der Waals surface area contributed by atoms with Crippen molar-refractivity contribution in [1.82, 2.24) is 19.9 Å². The van der Waals surface area contributed by atoms with E-state index >= 15 is 0 Å². The van der Waals surface area contributed by atoms with Crippen LogP contribution >= 0.6 is 0 Å². The van der Waals surface area contributed by atoms with E-state index in [0.717, 1.165) is 19.3 Å². The summed E-state index contributed by atoms with van der Waals surface area (Å²) in [6.45, 7) is 1.38. The second-order valence-electron chi connectivity index (χ2n) is 8.92. The van der Waals surface area contributed by atoms with Crippen LogP contribution in [0, 0.1) is 5.92 Å². The van der Waals surface area contributed by atoms with Crippen molar-refractivity contribution in [1.29, 1.82) is 0 Å². The lowest BCUT2D eigenvalue weighted by Gasteiger charge is -2.32. The molecule has 1 aliphatic heterocycles. The quantitative estimate of drug-likeness (QED) is 0.485. The van der Waals surface area contributed by atoms with Crippen LogP contribution in [0.1, 0.15) is 35.2 Å². The number of piperidine rings is 1. The third-order valence-electron chi connectivity index (χ3n) is 6.60. The van der Waals surface area contributed by atoms with Crippen LogP contribution in [-0.2, 0) is 12.0 Å². The van der Waals surface area contributed by atoms with Gasteiger partial charge in [-0.1, -0.05) is 96.2 Å². The minimum Gasteiger partial charge on any atom is -0.374 e. The van der Waals surface area contributed by atoms with Crippen LogP contribution in [0.4, 0.5) is 4.79 Å². The molecule has 1 atom stereocenters. The van der Waals surface area contributed by atoms with Crippen LogP contribution in [0.25, 0.3) is 0 Å². The van der Waals surface area contributed by atoms with E-state index < -0.39 is 5.60 Å². The van der Waals surface area contributed by atoms with E-state index in [-0.39, 0.29) is 6.03 Å². The van der Waals surface area contributed by atoms with Gasteiger partial charge < -0.3 is 10.0 Å². The number of hydrogen-bond donors (Lipinski definition) is 1. The molecule has 1 fully saturated rings. The highest BCUT2D eigenvalue weighted by Crippen LogP contribution is 2.35. The first-order valence-corrected chi connectivity index (χ1v) is 11.7. The minimum absolute atomic E-state index is 0.208. The summed E-state index contributed by atoms with van der Waals surface area (Å²) in [5.41, 5.74) is 1.43. The predicted octanol–water partition coefficient (Wildman–Crippen LogP) is 4.49. The van der Waals surface area contributed by atoms with Crippen LogP contribution in [-0.4, -0.2) is 44.1 Å². The molecule has 34 heavy (non-hydrogen) atoms. The average molecular weight is 453 g/mol. The molecule has 0 saturated carbocycles. The molecule has 1 amide bonds. The molecular formula is C28H28N4O2. The van der Waals surface area contributed by atoms with Gasteiger partial charge in [-0.3, -0.25) is 0 Å². The summed E-state index contributed by atoms with van der Waals surface area (Å²) in [4.78, 5) is 15.2. The Labute approximate surface area is 199 Å². The number of aromatic nitrogens is 3. The number of rotatable bonds is 5. The first-order valence-electron chi connectivity index (χ1n) is 11.7. The van der Waals surface area contributed by atoms with Crippen molar-refractivity contribution in [2.45, 2.75) is 24.9 Å². The topological polar surface area (TPSA) is 71.2 Å². The maximum absolute atomic E-state index is 13.3. The lowest BCUT2D eigenvalue weighted by Crippen LogP contribution is -2.42. The van der Waals surface area contributed by atoms with Gasteiger partial charge in [0.2, 0.25) is 0 Å². The molecule has 1 saturated heterocycles. The van der Waals surface area contributed by atoms with E-state index in [1.165, 1.54) is 10.2 Å². The zero-order valence-electron chi connectivity index (χ0n) is 19.0. The Morgan fingerprint density at radius 3 is 2.12 bits per heavy atom. The van der Waals surface area contributed by atoms with Gasteiger partial charge in [0.25, 0.3) is 0 Å². The van der Waals surface area contributed by atoms with Crippen LogP contribution in [0.2, 0.25) is 0 Å². The Hall–Kier alpha value is -3.77. The van der Waals surface area contributed by atoms with Gasteiger partial charge >= 0.3 is 6.03 Å². The van der Waals surface area contributed by atoms with Crippen LogP contribution in [0.15, 0.2) is 97.2 Å². The van der Waals surface area contributed by atoms with Gasteiger partial charge in [-0.2, -0.15) is 4.68 Å². The van der Waals surface area contributed by atoms with Crippen LogP contribution < -0.4 is 0 Å². The van der Waals surface area contributed by atoms with E-state index in [0.29, 0.717) is 35.8 Å². The highest BCUT2D eigenvalue weighted by Gasteiger charge is 2.37. The molecule has 0 bridgehead atoms. The molecule has 0 spiro atoms. The lowest BCUT2D eigenvalue weighted by atomic mass is 9.84. The summed E-state index contributed by atoms with van der Waals surface area (Å²) in [7, 11) is 0. The molecule has 1 aromatic heterocycles. The zero-order valence-corrected chi connectivity index (χ0v) is 19.0. The number of likely N-dealkylation sites (tertiary alicyclic amines) is 1. The zero-order chi connectivity index (χ0) is 23.4. The van der Waals surface area contributed by atoms with E-state index in [2.05, 4.69) is 34.6 Å². The van der Waals surface area contributed by atoms with Crippen molar-refractivity contribution in [3.63, 3.8) is 0 Å². The second-order valence-corrected chi connectivity index (χ2v) is 8.92. The summed E-state index contributed by atoms with van der Waals surface area (Å²) < 4.78 is 1.26. The molecule has 5 rings (SSSR count). The maximum atomic E-state index is 13.3. The normalized spacial score (nSPS) is 16.4. The molecule has 1 unspecified atom stereocenters. The van der Waals surface area contributed by atoms with Gasteiger partial charge in [-0.05, 0) is 41.9 Å². The molecule has 172 valence electrons. The van der Waals surface area contributed by atoms with Crippen LogP contribution in [0.5, 0.6) is 0 Å². The molecular weight excluding hydrogens is 424 g/mol. The first kappa shape index (κ1) is 22.0. The SMILES string of the molecule is O=C(N1CCCC(Cc2ccccc2)C1)n1cc(C(O)(c2ccccc2)c2ccccc2)nn1. The lowest BCUT2D eigenvalue weighted by molar-refractivity contribution is 0.120. The largest absolute Gasteiger partial charge is 0.374 e. The van der Waals surface area contributed by atoms with E-state index in [9.17, 15) is 9.90 Å². The van der Waals surface area contributed by atoms with E-state index in [1.54, 1.807) is 6.20 Å². The summed E-state index contributed by atoms with van der Waals surface area (Å²) >= 11 is 0. The van der Waals surface area contributed by atoms with Gasteiger partial charge in [-0.15, -0.1) is 5.10 Å². The van der Waals surface area contributed by atoms with Crippen molar-refractivity contribution in [3.8, 4) is 0 Å². The summed E-state index contributed by atoms with van der Waals surface area (Å²) in [6, 6.07) is 28.9. The summed E-state index contributed by atoms with van der Waals surface area (Å²) in [5.74, 6) is 0.411. The molecule has 1 N–H and O–H groups in total. The second kappa shape index (κ2) is 9.61. The average Bonchev–Trinajstić information content (AvgIpc) is 3.40.